The van der Waals surface area contributed by atoms with Crippen molar-refractivity contribution in [2.75, 3.05) is 33.3 Å². The number of hydrogen-bond donors (Lipinski definition) is 2. The van der Waals surface area contributed by atoms with Crippen LogP contribution < -0.4 is 5.32 Å². The Labute approximate surface area is 112 Å². The van der Waals surface area contributed by atoms with Crippen molar-refractivity contribution in [3.8, 4) is 0 Å². The van der Waals surface area contributed by atoms with Gasteiger partial charge in [0.25, 0.3) is 0 Å². The number of aliphatic hydroxyl groups is 1. The van der Waals surface area contributed by atoms with Crippen LogP contribution in [-0.2, 0) is 0 Å². The number of rotatable bonds is 8. The molecule has 2 aliphatic carbocycles. The zero-order valence-corrected chi connectivity index (χ0v) is 12.1. The van der Waals surface area contributed by atoms with E-state index in [0.717, 1.165) is 37.3 Å². The number of hydrogen-bond acceptors (Lipinski definition) is 3. The lowest BCUT2D eigenvalue weighted by atomic mass is 9.88. The monoisotopic (exact) mass is 254 g/mol. The second kappa shape index (κ2) is 6.88. The molecule has 0 radical (unpaired) electrons. The van der Waals surface area contributed by atoms with E-state index in [1.165, 1.54) is 32.2 Å². The van der Waals surface area contributed by atoms with Crippen molar-refractivity contribution in [1.82, 2.24) is 10.2 Å². The maximum atomic E-state index is 9.38. The third kappa shape index (κ3) is 3.69. The predicted molar refractivity (Wildman–Crippen MR) is 75.6 cm³/mol. The van der Waals surface area contributed by atoms with Crippen LogP contribution in [0.2, 0.25) is 0 Å². The summed E-state index contributed by atoms with van der Waals surface area (Å²) in [5, 5.41) is 12.8. The first kappa shape index (κ1) is 14.3. The molecule has 0 amide bonds. The van der Waals surface area contributed by atoms with Crippen LogP contribution in [0.1, 0.15) is 39.0 Å². The van der Waals surface area contributed by atoms with Crippen molar-refractivity contribution in [2.45, 2.75) is 45.1 Å². The van der Waals surface area contributed by atoms with Gasteiger partial charge in [0.1, 0.15) is 0 Å². The fraction of sp³-hybridized carbons (Fsp3) is 1.00. The molecule has 4 unspecified atom stereocenters. The third-order valence-corrected chi connectivity index (χ3v) is 4.87. The van der Waals surface area contributed by atoms with Crippen LogP contribution in [0.25, 0.3) is 0 Å². The van der Waals surface area contributed by atoms with Gasteiger partial charge in [-0.05, 0) is 57.0 Å². The van der Waals surface area contributed by atoms with Crippen molar-refractivity contribution in [3.05, 3.63) is 0 Å². The van der Waals surface area contributed by atoms with E-state index < -0.39 is 0 Å². The van der Waals surface area contributed by atoms with Gasteiger partial charge in [0.15, 0.2) is 0 Å². The predicted octanol–water partition coefficient (Wildman–Crippen LogP) is 1.71. The first-order valence-corrected chi connectivity index (χ1v) is 7.75. The Bertz CT molecular complexity index is 247. The van der Waals surface area contributed by atoms with Crippen molar-refractivity contribution in [1.29, 1.82) is 0 Å². The number of likely N-dealkylation sites (N-methyl/N-ethyl adjacent to an activating group) is 1. The van der Waals surface area contributed by atoms with Gasteiger partial charge < -0.3 is 15.3 Å². The number of nitrogens with zero attached hydrogens (tertiary/aromatic N) is 1. The third-order valence-electron chi connectivity index (χ3n) is 4.87. The lowest BCUT2D eigenvalue weighted by molar-refractivity contribution is 0.169. The first-order chi connectivity index (χ1) is 8.72. The lowest BCUT2D eigenvalue weighted by Crippen LogP contribution is -2.44. The quantitative estimate of drug-likeness (QED) is 0.692. The Hall–Kier alpha value is -0.120. The highest BCUT2D eigenvalue weighted by molar-refractivity contribution is 4.91. The molecule has 0 aromatic rings. The molecule has 2 saturated carbocycles. The summed E-state index contributed by atoms with van der Waals surface area (Å²) in [6, 6.07) is 0.244. The van der Waals surface area contributed by atoms with Crippen molar-refractivity contribution >= 4 is 0 Å². The topological polar surface area (TPSA) is 35.5 Å². The van der Waals surface area contributed by atoms with Crippen LogP contribution in [0.5, 0.6) is 0 Å². The molecule has 0 aromatic heterocycles. The summed E-state index contributed by atoms with van der Waals surface area (Å²) in [5.74, 6) is 2.98. The molecule has 3 heteroatoms. The van der Waals surface area contributed by atoms with Gasteiger partial charge in [-0.2, -0.15) is 0 Å². The van der Waals surface area contributed by atoms with Crippen molar-refractivity contribution in [3.63, 3.8) is 0 Å². The normalized spacial score (nSPS) is 32.3. The fourth-order valence-corrected chi connectivity index (χ4v) is 3.99. The minimum Gasteiger partial charge on any atom is -0.395 e. The average Bonchev–Trinajstić information content (AvgIpc) is 2.96. The zero-order valence-electron chi connectivity index (χ0n) is 12.1. The summed E-state index contributed by atoms with van der Waals surface area (Å²) >= 11 is 0. The van der Waals surface area contributed by atoms with Crippen LogP contribution in [0, 0.1) is 17.8 Å². The van der Waals surface area contributed by atoms with Crippen LogP contribution in [0.3, 0.4) is 0 Å². The standard InChI is InChI=1S/C15H30N2O/c1-3-6-16-15(11-18)10-17(2)9-14-8-12-4-5-13(14)7-12/h12-16,18H,3-11H2,1-2H3. The molecule has 0 aliphatic heterocycles. The molecule has 18 heavy (non-hydrogen) atoms. The average molecular weight is 254 g/mol. The maximum Gasteiger partial charge on any atom is 0.0597 e. The molecular weight excluding hydrogens is 224 g/mol. The molecule has 0 spiro atoms. The molecule has 2 fully saturated rings. The second-order valence-corrected chi connectivity index (χ2v) is 6.49. The SMILES string of the molecule is CCCNC(CO)CN(C)CC1CC2CCC1C2. The molecule has 106 valence electrons. The molecular formula is C15H30N2O. The van der Waals surface area contributed by atoms with E-state index in [-0.39, 0.29) is 12.6 Å². The molecule has 3 nitrogen and oxygen atoms in total. The Morgan fingerprint density at radius 3 is 2.72 bits per heavy atom. The van der Waals surface area contributed by atoms with Crippen LogP contribution >= 0.6 is 0 Å². The molecule has 2 rings (SSSR count). The highest BCUT2D eigenvalue weighted by Gasteiger charge is 2.39. The maximum absolute atomic E-state index is 9.38. The molecule has 4 atom stereocenters. The van der Waals surface area contributed by atoms with Crippen LogP contribution in [0.15, 0.2) is 0 Å². The van der Waals surface area contributed by atoms with E-state index in [1.54, 1.807) is 0 Å². The number of nitrogens with one attached hydrogen (secondary N) is 1. The summed E-state index contributed by atoms with van der Waals surface area (Å²) in [5.41, 5.74) is 0. The van der Waals surface area contributed by atoms with E-state index in [0.29, 0.717) is 0 Å². The number of fused-ring (bicyclic) bond motifs is 2. The van der Waals surface area contributed by atoms with Crippen LogP contribution in [-0.4, -0.2) is 49.3 Å². The summed E-state index contributed by atoms with van der Waals surface area (Å²) in [6.07, 6.45) is 7.05. The minimum atomic E-state index is 0.244. The Morgan fingerprint density at radius 1 is 1.33 bits per heavy atom. The lowest BCUT2D eigenvalue weighted by Gasteiger charge is -2.29. The van der Waals surface area contributed by atoms with Gasteiger partial charge >= 0.3 is 0 Å². The second-order valence-electron chi connectivity index (χ2n) is 6.49. The van der Waals surface area contributed by atoms with E-state index >= 15 is 0 Å². The Balaban J connectivity index is 1.69. The molecule has 2 N–H and O–H groups in total. The smallest absolute Gasteiger partial charge is 0.0597 e. The summed E-state index contributed by atoms with van der Waals surface area (Å²) in [4.78, 5) is 2.43. The molecule has 0 aromatic carbocycles. The van der Waals surface area contributed by atoms with Gasteiger partial charge in [0.05, 0.1) is 6.61 Å². The molecule has 2 bridgehead atoms. The summed E-state index contributed by atoms with van der Waals surface area (Å²) in [7, 11) is 2.21. The first-order valence-electron chi connectivity index (χ1n) is 7.75. The highest BCUT2D eigenvalue weighted by atomic mass is 16.3. The van der Waals surface area contributed by atoms with Gasteiger partial charge in [-0.3, -0.25) is 0 Å². The largest absolute Gasteiger partial charge is 0.395 e. The Morgan fingerprint density at radius 2 is 2.17 bits per heavy atom. The van der Waals surface area contributed by atoms with Crippen LogP contribution in [0.4, 0.5) is 0 Å². The summed E-state index contributed by atoms with van der Waals surface area (Å²) in [6.45, 7) is 5.63. The minimum absolute atomic E-state index is 0.244. The van der Waals surface area contributed by atoms with Gasteiger partial charge in [0, 0.05) is 19.1 Å². The zero-order chi connectivity index (χ0) is 13.0. The van der Waals surface area contributed by atoms with E-state index in [9.17, 15) is 5.11 Å². The van der Waals surface area contributed by atoms with Crippen molar-refractivity contribution < 1.29 is 5.11 Å². The van der Waals surface area contributed by atoms with Crippen molar-refractivity contribution in [2.24, 2.45) is 17.8 Å². The van der Waals surface area contributed by atoms with E-state index in [4.69, 9.17) is 0 Å². The summed E-state index contributed by atoms with van der Waals surface area (Å²) < 4.78 is 0. The highest BCUT2D eigenvalue weighted by Crippen LogP contribution is 2.48. The number of aliphatic hydroxyl groups excluding tert-OH is 1. The van der Waals surface area contributed by atoms with E-state index in [1.807, 2.05) is 0 Å². The van der Waals surface area contributed by atoms with Gasteiger partial charge in [0.2, 0.25) is 0 Å². The molecule has 0 saturated heterocycles. The van der Waals surface area contributed by atoms with E-state index in [2.05, 4.69) is 24.2 Å². The van der Waals surface area contributed by atoms with Gasteiger partial charge in [-0.25, -0.2) is 0 Å². The fourth-order valence-electron chi connectivity index (χ4n) is 3.99. The molecule has 0 heterocycles. The Kier molecular flexibility index (Phi) is 5.46. The molecule has 2 aliphatic rings. The van der Waals surface area contributed by atoms with Gasteiger partial charge in [-0.1, -0.05) is 13.3 Å². The van der Waals surface area contributed by atoms with Gasteiger partial charge in [-0.15, -0.1) is 0 Å².